The van der Waals surface area contributed by atoms with Gasteiger partial charge in [0.1, 0.15) is 22.3 Å². The number of alkyl halides is 6. The molecule has 198 valence electrons. The highest BCUT2D eigenvalue weighted by Gasteiger charge is 2.38. The third kappa shape index (κ3) is 6.22. The molecule has 0 radical (unpaired) electrons. The Kier molecular flexibility index (Phi) is 7.31. The van der Waals surface area contributed by atoms with E-state index in [9.17, 15) is 35.5 Å². The molecule has 0 fully saturated rings. The molecule has 0 atom stereocenters. The first-order valence-electron chi connectivity index (χ1n) is 10.5. The van der Waals surface area contributed by atoms with Crippen molar-refractivity contribution in [1.29, 1.82) is 0 Å². The minimum atomic E-state index is -5.15. The van der Waals surface area contributed by atoms with E-state index in [1.54, 1.807) is 0 Å². The second-order valence-corrected chi connectivity index (χ2v) is 8.89. The first-order valence-corrected chi connectivity index (χ1v) is 11.4. The SMILES string of the molecule is Nc1cnc(-c2nnc(CN(C(=O)Cc3ccc(C(F)(F)F)cc3C(F)(F)F)c3ccc(F)cc3)s2)cn1. The highest BCUT2D eigenvalue weighted by atomic mass is 32.1. The number of nitrogens with two attached hydrogens (primary N) is 1. The summed E-state index contributed by atoms with van der Waals surface area (Å²) in [5, 5.41) is 8.52. The number of nitrogen functional groups attached to an aromatic ring is 1. The van der Waals surface area contributed by atoms with Crippen LogP contribution < -0.4 is 10.6 Å². The van der Waals surface area contributed by atoms with Crippen LogP contribution >= 0.6 is 11.3 Å². The molecule has 2 heterocycles. The first-order chi connectivity index (χ1) is 17.8. The van der Waals surface area contributed by atoms with Gasteiger partial charge in [-0.3, -0.25) is 4.79 Å². The lowest BCUT2D eigenvalue weighted by Crippen LogP contribution is -2.32. The van der Waals surface area contributed by atoms with Gasteiger partial charge in [0.05, 0.1) is 36.5 Å². The van der Waals surface area contributed by atoms with Crippen LogP contribution in [-0.2, 0) is 30.1 Å². The Morgan fingerprint density at radius 3 is 2.24 bits per heavy atom. The quantitative estimate of drug-likeness (QED) is 0.314. The maximum absolute atomic E-state index is 13.6. The highest BCUT2D eigenvalue weighted by Crippen LogP contribution is 2.38. The van der Waals surface area contributed by atoms with Gasteiger partial charge in [0.2, 0.25) is 5.91 Å². The van der Waals surface area contributed by atoms with E-state index in [0.717, 1.165) is 28.4 Å². The van der Waals surface area contributed by atoms with Crippen molar-refractivity contribution in [2.75, 3.05) is 10.6 Å². The fourth-order valence-electron chi connectivity index (χ4n) is 3.38. The second kappa shape index (κ2) is 10.3. The van der Waals surface area contributed by atoms with Crippen LogP contribution in [0.15, 0.2) is 54.9 Å². The van der Waals surface area contributed by atoms with Crippen molar-refractivity contribution < 1.29 is 35.5 Å². The van der Waals surface area contributed by atoms with Crippen molar-refractivity contribution in [3.63, 3.8) is 0 Å². The van der Waals surface area contributed by atoms with Gasteiger partial charge in [-0.2, -0.15) is 26.3 Å². The van der Waals surface area contributed by atoms with E-state index in [4.69, 9.17) is 5.73 Å². The topological polar surface area (TPSA) is 97.9 Å². The molecule has 4 aromatic rings. The lowest BCUT2D eigenvalue weighted by Gasteiger charge is -2.23. The molecular weight excluding hydrogens is 541 g/mol. The van der Waals surface area contributed by atoms with E-state index in [2.05, 4.69) is 20.2 Å². The maximum atomic E-state index is 13.6. The fraction of sp³-hybridized carbons (Fsp3) is 0.174. The Balaban J connectivity index is 1.66. The van der Waals surface area contributed by atoms with Gasteiger partial charge in [0, 0.05) is 5.69 Å². The molecule has 0 saturated carbocycles. The van der Waals surface area contributed by atoms with E-state index in [1.165, 1.54) is 24.5 Å². The summed E-state index contributed by atoms with van der Waals surface area (Å²) in [6, 6.07) is 5.63. The van der Waals surface area contributed by atoms with E-state index in [0.29, 0.717) is 22.8 Å². The predicted molar refractivity (Wildman–Crippen MR) is 123 cm³/mol. The van der Waals surface area contributed by atoms with Crippen LogP contribution in [0.5, 0.6) is 0 Å². The van der Waals surface area contributed by atoms with Crippen LogP contribution in [0, 0.1) is 5.82 Å². The number of hydrogen-bond acceptors (Lipinski definition) is 7. The Bertz CT molecular complexity index is 1440. The molecule has 0 aliphatic heterocycles. The number of halogens is 7. The van der Waals surface area contributed by atoms with Gasteiger partial charge < -0.3 is 10.6 Å². The monoisotopic (exact) mass is 556 g/mol. The summed E-state index contributed by atoms with van der Waals surface area (Å²) in [7, 11) is 0. The zero-order chi connectivity index (χ0) is 27.7. The molecule has 0 aliphatic rings. The third-order valence-electron chi connectivity index (χ3n) is 5.17. The first kappa shape index (κ1) is 26.9. The predicted octanol–water partition coefficient (Wildman–Crippen LogP) is 5.53. The standard InChI is InChI=1S/C23H15F7N6OS/c24-14-3-5-15(6-4-14)36(11-19-34-35-21(38-19)17-9-33-18(31)10-32-17)20(37)7-12-1-2-13(22(25,26)27)8-16(12)23(28,29)30/h1-6,8-10H,7,11H2,(H2,31,33). The molecular formula is C23H15F7N6OS. The zero-order valence-corrected chi connectivity index (χ0v) is 19.7. The summed E-state index contributed by atoms with van der Waals surface area (Å²) in [6.07, 6.45) is -8.39. The highest BCUT2D eigenvalue weighted by molar-refractivity contribution is 7.14. The lowest BCUT2D eigenvalue weighted by atomic mass is 10.00. The summed E-state index contributed by atoms with van der Waals surface area (Å²) in [5.41, 5.74) is 2.24. The summed E-state index contributed by atoms with van der Waals surface area (Å²) >= 11 is 1.02. The second-order valence-electron chi connectivity index (χ2n) is 7.83. The Morgan fingerprint density at radius 1 is 0.921 bits per heavy atom. The lowest BCUT2D eigenvalue weighted by molar-refractivity contribution is -0.143. The number of carbonyl (C=O) groups excluding carboxylic acids is 1. The third-order valence-corrected chi connectivity index (χ3v) is 6.11. The summed E-state index contributed by atoms with van der Waals surface area (Å²) < 4.78 is 93.4. The smallest absolute Gasteiger partial charge is 0.382 e. The van der Waals surface area contributed by atoms with Gasteiger partial charge in [-0.1, -0.05) is 17.4 Å². The van der Waals surface area contributed by atoms with Gasteiger partial charge in [-0.15, -0.1) is 10.2 Å². The van der Waals surface area contributed by atoms with Crippen LogP contribution in [0.4, 0.5) is 42.2 Å². The number of amides is 1. The van der Waals surface area contributed by atoms with Gasteiger partial charge in [0.15, 0.2) is 5.01 Å². The van der Waals surface area contributed by atoms with Crippen LogP contribution in [0.1, 0.15) is 21.7 Å². The molecule has 38 heavy (non-hydrogen) atoms. The Hall–Kier alpha value is -4.14. The van der Waals surface area contributed by atoms with E-state index >= 15 is 0 Å². The van der Waals surface area contributed by atoms with Gasteiger partial charge in [-0.25, -0.2) is 14.4 Å². The molecule has 0 saturated heterocycles. The van der Waals surface area contributed by atoms with E-state index in [1.807, 2.05) is 0 Å². The molecule has 2 aromatic heterocycles. The summed E-state index contributed by atoms with van der Waals surface area (Å²) in [6.45, 7) is -0.271. The van der Waals surface area contributed by atoms with Crippen LogP contribution in [0.2, 0.25) is 0 Å². The summed E-state index contributed by atoms with van der Waals surface area (Å²) in [4.78, 5) is 22.2. The van der Waals surface area contributed by atoms with Crippen molar-refractivity contribution in [1.82, 2.24) is 20.2 Å². The van der Waals surface area contributed by atoms with Gasteiger partial charge in [-0.05, 0) is 42.0 Å². The number of benzene rings is 2. The maximum Gasteiger partial charge on any atom is 0.416 e. The van der Waals surface area contributed by atoms with Crippen molar-refractivity contribution in [3.05, 3.63) is 82.4 Å². The minimum Gasteiger partial charge on any atom is -0.382 e. The van der Waals surface area contributed by atoms with Crippen molar-refractivity contribution >= 4 is 28.7 Å². The molecule has 1 amide bonds. The Labute approximate surface area is 213 Å². The molecule has 0 aliphatic carbocycles. The average molecular weight is 556 g/mol. The number of anilines is 2. The average Bonchev–Trinajstić information content (AvgIpc) is 3.31. The summed E-state index contributed by atoms with van der Waals surface area (Å²) in [5.74, 6) is -1.35. The van der Waals surface area contributed by atoms with E-state index < -0.39 is 47.2 Å². The molecule has 7 nitrogen and oxygen atoms in total. The number of carbonyl (C=O) groups is 1. The van der Waals surface area contributed by atoms with Crippen molar-refractivity contribution in [2.24, 2.45) is 0 Å². The van der Waals surface area contributed by atoms with Crippen LogP contribution in [0.3, 0.4) is 0 Å². The van der Waals surface area contributed by atoms with E-state index in [-0.39, 0.29) is 29.1 Å². The van der Waals surface area contributed by atoms with Crippen LogP contribution in [-0.4, -0.2) is 26.1 Å². The molecule has 0 bridgehead atoms. The van der Waals surface area contributed by atoms with Crippen LogP contribution in [0.25, 0.3) is 10.7 Å². The molecule has 0 spiro atoms. The molecule has 15 heteroatoms. The van der Waals surface area contributed by atoms with Gasteiger partial charge >= 0.3 is 12.4 Å². The fourth-order valence-corrected chi connectivity index (χ4v) is 4.17. The number of hydrogen-bond donors (Lipinski definition) is 1. The van der Waals surface area contributed by atoms with Crippen molar-refractivity contribution in [3.8, 4) is 10.7 Å². The number of nitrogens with zero attached hydrogens (tertiary/aromatic N) is 5. The normalized spacial score (nSPS) is 12.0. The largest absolute Gasteiger partial charge is 0.416 e. The van der Waals surface area contributed by atoms with Crippen molar-refractivity contribution in [2.45, 2.75) is 25.3 Å². The van der Waals surface area contributed by atoms with Gasteiger partial charge in [0.25, 0.3) is 0 Å². The number of rotatable bonds is 6. The zero-order valence-electron chi connectivity index (χ0n) is 18.9. The molecule has 2 N–H and O–H groups in total. The number of aromatic nitrogens is 4. The molecule has 2 aromatic carbocycles. The molecule has 4 rings (SSSR count). The Morgan fingerprint density at radius 2 is 1.63 bits per heavy atom. The molecule has 0 unspecified atom stereocenters. The minimum absolute atomic E-state index is 0.0322.